The molecule has 2 fully saturated rings. The van der Waals surface area contributed by atoms with Gasteiger partial charge in [0, 0.05) is 49.8 Å². The van der Waals surface area contributed by atoms with E-state index in [0.29, 0.717) is 0 Å². The van der Waals surface area contributed by atoms with Gasteiger partial charge in [0.05, 0.1) is 6.61 Å². The molecule has 8 nitrogen and oxygen atoms in total. The molecule has 1 aromatic carbocycles. The molecule has 0 saturated carbocycles. The van der Waals surface area contributed by atoms with Gasteiger partial charge in [-0.1, -0.05) is 28.1 Å². The lowest BCUT2D eigenvalue weighted by atomic mass is 10.0. The number of carbonyl (C=O) groups is 2. The van der Waals surface area contributed by atoms with Gasteiger partial charge in [0.1, 0.15) is 0 Å². The fourth-order valence-corrected chi connectivity index (χ4v) is 4.05. The first-order chi connectivity index (χ1) is 13.9. The Labute approximate surface area is 179 Å². The molecule has 0 aliphatic carbocycles. The summed E-state index contributed by atoms with van der Waals surface area (Å²) in [6.07, 6.45) is 2.58. The number of carboxylic acids is 2. The van der Waals surface area contributed by atoms with Crippen molar-refractivity contribution in [2.45, 2.75) is 25.4 Å². The van der Waals surface area contributed by atoms with E-state index in [9.17, 15) is 0 Å². The van der Waals surface area contributed by atoms with Crippen LogP contribution in [-0.2, 0) is 16.1 Å². The summed E-state index contributed by atoms with van der Waals surface area (Å²) in [6, 6.07) is 9.46. The highest BCUT2D eigenvalue weighted by atomic mass is 79.9. The van der Waals surface area contributed by atoms with Gasteiger partial charge in [-0.15, -0.1) is 0 Å². The molecule has 0 spiro atoms. The Morgan fingerprint density at radius 1 is 0.897 bits per heavy atom. The first-order valence-corrected chi connectivity index (χ1v) is 10.7. The van der Waals surface area contributed by atoms with Gasteiger partial charge in [0.25, 0.3) is 0 Å². The molecule has 9 heteroatoms. The minimum absolute atomic E-state index is 0.286. The number of piperazine rings is 1. The number of nitrogens with zero attached hydrogens (tertiary/aromatic N) is 3. The van der Waals surface area contributed by atoms with E-state index in [1.54, 1.807) is 0 Å². The van der Waals surface area contributed by atoms with E-state index in [1.165, 1.54) is 31.5 Å². The molecule has 3 rings (SSSR count). The number of carboxylic acid groups (broad SMARTS) is 2. The molecule has 0 radical (unpaired) electrons. The number of rotatable bonds is 5. The van der Waals surface area contributed by atoms with Crippen LogP contribution in [0.25, 0.3) is 0 Å². The van der Waals surface area contributed by atoms with Gasteiger partial charge in [-0.2, -0.15) is 0 Å². The van der Waals surface area contributed by atoms with Crippen LogP contribution in [0, 0.1) is 0 Å². The molecule has 2 heterocycles. The van der Waals surface area contributed by atoms with E-state index in [-0.39, 0.29) is 6.61 Å². The second kappa shape index (κ2) is 12.2. The zero-order valence-electron chi connectivity index (χ0n) is 16.5. The molecule has 0 amide bonds. The maximum absolute atomic E-state index is 9.10. The average Bonchev–Trinajstić information content (AvgIpc) is 2.72. The lowest BCUT2D eigenvalue weighted by Crippen LogP contribution is -2.53. The predicted molar refractivity (Wildman–Crippen MR) is 113 cm³/mol. The molecular weight excluding hydrogens is 442 g/mol. The minimum Gasteiger partial charge on any atom is -0.473 e. The van der Waals surface area contributed by atoms with Crippen LogP contribution in [0.1, 0.15) is 18.4 Å². The van der Waals surface area contributed by atoms with Crippen molar-refractivity contribution in [1.82, 2.24) is 14.7 Å². The van der Waals surface area contributed by atoms with Gasteiger partial charge < -0.3 is 15.3 Å². The van der Waals surface area contributed by atoms with Gasteiger partial charge in [-0.05, 0) is 43.6 Å². The van der Waals surface area contributed by atoms with E-state index in [2.05, 4.69) is 54.9 Å². The van der Waals surface area contributed by atoms with E-state index in [4.69, 9.17) is 24.9 Å². The number of aliphatic carboxylic acids is 2. The summed E-state index contributed by atoms with van der Waals surface area (Å²) in [6.45, 7) is 9.15. The van der Waals surface area contributed by atoms with Crippen molar-refractivity contribution in [2.24, 2.45) is 0 Å². The van der Waals surface area contributed by atoms with Gasteiger partial charge in [0.2, 0.25) is 0 Å². The Hall–Kier alpha value is -1.52. The normalized spacial score (nSPS) is 19.4. The molecule has 3 N–H and O–H groups in total. The second-order valence-electron chi connectivity index (χ2n) is 7.35. The Bertz CT molecular complexity index is 630. The standard InChI is InChI=1S/C18H28BrN3O.C2H2O4/c19-17-3-1-16(2-4-17)15-21-7-5-18(6-8-21)22-11-9-20(10-12-22)13-14-23;3-1(4)2(5)6/h1-4,18,23H,5-15H2;(H,3,4)(H,5,6). The van der Waals surface area contributed by atoms with Crippen LogP contribution >= 0.6 is 15.9 Å². The summed E-state index contributed by atoms with van der Waals surface area (Å²) >= 11 is 3.50. The van der Waals surface area contributed by atoms with Crippen LogP contribution in [0.3, 0.4) is 0 Å². The van der Waals surface area contributed by atoms with Crippen molar-refractivity contribution in [3.8, 4) is 0 Å². The monoisotopic (exact) mass is 471 g/mol. The molecule has 2 saturated heterocycles. The van der Waals surface area contributed by atoms with Gasteiger partial charge in [-0.25, -0.2) is 9.59 Å². The van der Waals surface area contributed by atoms with Crippen molar-refractivity contribution in [3.63, 3.8) is 0 Å². The van der Waals surface area contributed by atoms with Crippen LogP contribution in [0.15, 0.2) is 28.7 Å². The van der Waals surface area contributed by atoms with Crippen molar-refractivity contribution >= 4 is 27.9 Å². The Balaban J connectivity index is 0.000000438. The molecule has 2 aliphatic heterocycles. The van der Waals surface area contributed by atoms with Crippen LogP contribution < -0.4 is 0 Å². The molecular formula is C20H30BrN3O5. The lowest BCUT2D eigenvalue weighted by Gasteiger charge is -2.42. The molecule has 162 valence electrons. The number of halogens is 1. The third kappa shape index (κ3) is 8.39. The third-order valence-electron chi connectivity index (χ3n) is 5.40. The van der Waals surface area contributed by atoms with Gasteiger partial charge in [0.15, 0.2) is 0 Å². The quantitative estimate of drug-likeness (QED) is 0.549. The Morgan fingerprint density at radius 2 is 1.45 bits per heavy atom. The highest BCUT2D eigenvalue weighted by molar-refractivity contribution is 9.10. The topological polar surface area (TPSA) is 105 Å². The van der Waals surface area contributed by atoms with Crippen LogP contribution in [-0.4, -0.2) is 100 Å². The summed E-state index contributed by atoms with van der Waals surface area (Å²) in [5.41, 5.74) is 1.41. The molecule has 0 aromatic heterocycles. The molecule has 0 bridgehead atoms. The summed E-state index contributed by atoms with van der Waals surface area (Å²) in [4.78, 5) is 25.8. The predicted octanol–water partition coefficient (Wildman–Crippen LogP) is 1.18. The maximum Gasteiger partial charge on any atom is 0.414 e. The SMILES string of the molecule is O=C(O)C(=O)O.OCCN1CCN(C2CCN(Cc3ccc(Br)cc3)CC2)CC1. The number of likely N-dealkylation sites (tertiary alicyclic amines) is 1. The number of hydrogen-bond donors (Lipinski definition) is 3. The smallest absolute Gasteiger partial charge is 0.414 e. The second-order valence-corrected chi connectivity index (χ2v) is 8.26. The fraction of sp³-hybridized carbons (Fsp3) is 0.600. The Kier molecular flexibility index (Phi) is 10.0. The van der Waals surface area contributed by atoms with Gasteiger partial charge in [-0.3, -0.25) is 14.7 Å². The number of benzene rings is 1. The molecule has 1 aromatic rings. The highest BCUT2D eigenvalue weighted by Crippen LogP contribution is 2.20. The maximum atomic E-state index is 9.10. The zero-order chi connectivity index (χ0) is 21.2. The van der Waals surface area contributed by atoms with Crippen molar-refractivity contribution in [2.75, 3.05) is 52.4 Å². The Morgan fingerprint density at radius 3 is 1.93 bits per heavy atom. The zero-order valence-corrected chi connectivity index (χ0v) is 18.1. The number of piperidine rings is 1. The van der Waals surface area contributed by atoms with Crippen LogP contribution in [0.2, 0.25) is 0 Å². The largest absolute Gasteiger partial charge is 0.473 e. The number of aliphatic hydroxyl groups excluding tert-OH is 1. The molecule has 2 aliphatic rings. The number of aliphatic hydroxyl groups is 1. The summed E-state index contributed by atoms with van der Waals surface area (Å²) in [5.74, 6) is -3.65. The lowest BCUT2D eigenvalue weighted by molar-refractivity contribution is -0.159. The van der Waals surface area contributed by atoms with Crippen molar-refractivity contribution < 1.29 is 24.9 Å². The van der Waals surface area contributed by atoms with Crippen LogP contribution in [0.5, 0.6) is 0 Å². The molecule has 0 unspecified atom stereocenters. The molecule has 29 heavy (non-hydrogen) atoms. The van der Waals surface area contributed by atoms with Crippen molar-refractivity contribution in [1.29, 1.82) is 0 Å². The first kappa shape index (κ1) is 23.8. The van der Waals surface area contributed by atoms with E-state index < -0.39 is 11.9 Å². The minimum atomic E-state index is -1.82. The first-order valence-electron chi connectivity index (χ1n) is 9.89. The third-order valence-corrected chi connectivity index (χ3v) is 5.93. The van der Waals surface area contributed by atoms with E-state index >= 15 is 0 Å². The van der Waals surface area contributed by atoms with Crippen molar-refractivity contribution in [3.05, 3.63) is 34.3 Å². The van der Waals surface area contributed by atoms with Gasteiger partial charge >= 0.3 is 11.9 Å². The molecule has 0 atom stereocenters. The average molecular weight is 472 g/mol. The summed E-state index contributed by atoms with van der Waals surface area (Å²) in [5, 5.41) is 23.8. The van der Waals surface area contributed by atoms with Crippen LogP contribution in [0.4, 0.5) is 0 Å². The number of β-amino-alcohol motifs (C(OH)–C–C–N with tert-alkyl or cyclic N) is 1. The summed E-state index contributed by atoms with van der Waals surface area (Å²) < 4.78 is 1.15. The fourth-order valence-electron chi connectivity index (χ4n) is 3.78. The number of hydrogen-bond acceptors (Lipinski definition) is 6. The van der Waals surface area contributed by atoms with E-state index in [0.717, 1.165) is 49.8 Å². The highest BCUT2D eigenvalue weighted by Gasteiger charge is 2.27. The van der Waals surface area contributed by atoms with E-state index in [1.807, 2.05) is 0 Å². The summed E-state index contributed by atoms with van der Waals surface area (Å²) in [7, 11) is 0.